The van der Waals surface area contributed by atoms with Crippen molar-refractivity contribution in [1.82, 2.24) is 10.3 Å². The Bertz CT molecular complexity index is 396. The monoisotopic (exact) mass is 202 g/mol. The van der Waals surface area contributed by atoms with Gasteiger partial charge in [-0.15, -0.1) is 0 Å². The lowest BCUT2D eigenvalue weighted by Gasteiger charge is -1.98. The molecule has 0 aliphatic carbocycles. The molecule has 4 heteroatoms. The summed E-state index contributed by atoms with van der Waals surface area (Å²) < 4.78 is 0. The van der Waals surface area contributed by atoms with Crippen LogP contribution in [0.2, 0.25) is 0 Å². The summed E-state index contributed by atoms with van der Waals surface area (Å²) in [5.74, 6) is -0.495. The first kappa shape index (κ1) is 10.8. The first-order chi connectivity index (χ1) is 7.27. The maximum atomic E-state index is 11.3. The summed E-state index contributed by atoms with van der Waals surface area (Å²) in [5, 5.41) is 2.31. The van der Waals surface area contributed by atoms with Crippen molar-refractivity contribution in [3.63, 3.8) is 0 Å². The minimum absolute atomic E-state index is 0.00796. The second-order valence-corrected chi connectivity index (χ2v) is 2.65. The first-order valence-electron chi connectivity index (χ1n) is 4.27. The molecule has 0 radical (unpaired) electrons. The van der Waals surface area contributed by atoms with Crippen LogP contribution in [0.3, 0.4) is 0 Å². The quantitative estimate of drug-likeness (QED) is 0.342. The van der Waals surface area contributed by atoms with Crippen LogP contribution >= 0.6 is 0 Å². The van der Waals surface area contributed by atoms with Gasteiger partial charge in [0.2, 0.25) is 0 Å². The highest BCUT2D eigenvalue weighted by atomic mass is 16.2. The second-order valence-electron chi connectivity index (χ2n) is 2.65. The number of carbonyl (C=O) groups is 2. The molecule has 0 unspecified atom stereocenters. The molecule has 0 bridgehead atoms. The molecule has 76 valence electrons. The van der Waals surface area contributed by atoms with Crippen molar-refractivity contribution < 1.29 is 9.59 Å². The predicted molar refractivity (Wildman–Crippen MR) is 56.6 cm³/mol. The van der Waals surface area contributed by atoms with E-state index in [1.165, 1.54) is 12.3 Å². The molecule has 0 saturated carbocycles. The number of pyridine rings is 1. The van der Waals surface area contributed by atoms with Crippen LogP contribution in [0.1, 0.15) is 5.69 Å². The molecule has 1 aromatic heterocycles. The van der Waals surface area contributed by atoms with Gasteiger partial charge >= 0.3 is 0 Å². The number of nitrogens with one attached hydrogen (secondary N) is 1. The SMILES string of the molecule is C=CNC(=O)C(C=O)=Cc1ccccn1. The summed E-state index contributed by atoms with van der Waals surface area (Å²) in [4.78, 5) is 25.9. The van der Waals surface area contributed by atoms with Gasteiger partial charge in [0.05, 0.1) is 11.3 Å². The maximum Gasteiger partial charge on any atom is 0.258 e. The highest BCUT2D eigenvalue weighted by Crippen LogP contribution is 2.01. The Hall–Kier alpha value is -2.23. The number of carbonyl (C=O) groups excluding carboxylic acids is 2. The third kappa shape index (κ3) is 3.19. The zero-order valence-electron chi connectivity index (χ0n) is 8.01. The number of rotatable bonds is 4. The van der Waals surface area contributed by atoms with E-state index in [4.69, 9.17) is 0 Å². The van der Waals surface area contributed by atoms with E-state index >= 15 is 0 Å². The lowest BCUT2D eigenvalue weighted by atomic mass is 10.2. The van der Waals surface area contributed by atoms with Gasteiger partial charge in [-0.3, -0.25) is 14.6 Å². The van der Waals surface area contributed by atoms with Gasteiger partial charge in [0.15, 0.2) is 6.29 Å². The molecule has 0 aromatic carbocycles. The molecule has 0 aliphatic heterocycles. The van der Waals surface area contributed by atoms with Gasteiger partial charge in [0, 0.05) is 6.20 Å². The van der Waals surface area contributed by atoms with E-state index in [1.807, 2.05) is 0 Å². The number of nitrogens with zero attached hydrogens (tertiary/aromatic N) is 1. The number of aldehydes is 1. The number of hydrogen-bond acceptors (Lipinski definition) is 3. The van der Waals surface area contributed by atoms with E-state index < -0.39 is 5.91 Å². The highest BCUT2D eigenvalue weighted by molar-refractivity contribution is 6.14. The van der Waals surface area contributed by atoms with Crippen LogP contribution in [0, 0.1) is 0 Å². The molecular formula is C11H10N2O2. The largest absolute Gasteiger partial charge is 0.329 e. The van der Waals surface area contributed by atoms with Crippen LogP contribution in [0.4, 0.5) is 0 Å². The molecule has 1 aromatic rings. The van der Waals surface area contributed by atoms with E-state index in [9.17, 15) is 9.59 Å². The van der Waals surface area contributed by atoms with E-state index in [0.29, 0.717) is 12.0 Å². The van der Waals surface area contributed by atoms with E-state index in [1.54, 1.807) is 24.4 Å². The lowest BCUT2D eigenvalue weighted by molar-refractivity contribution is -0.118. The van der Waals surface area contributed by atoms with Gasteiger partial charge in [-0.1, -0.05) is 12.6 Å². The molecule has 1 N–H and O–H groups in total. The molecule has 1 amide bonds. The van der Waals surface area contributed by atoms with Crippen LogP contribution in [0.15, 0.2) is 42.7 Å². The second kappa shape index (κ2) is 5.49. The van der Waals surface area contributed by atoms with Gasteiger partial charge < -0.3 is 5.32 Å². The predicted octanol–water partition coefficient (Wildman–Crippen LogP) is 0.924. The Kier molecular flexibility index (Phi) is 3.97. The zero-order valence-corrected chi connectivity index (χ0v) is 8.01. The summed E-state index contributed by atoms with van der Waals surface area (Å²) in [5.41, 5.74) is 0.562. The van der Waals surface area contributed by atoms with Crippen molar-refractivity contribution >= 4 is 18.3 Å². The van der Waals surface area contributed by atoms with Crippen molar-refractivity contribution in [2.75, 3.05) is 0 Å². The zero-order chi connectivity index (χ0) is 11.1. The summed E-state index contributed by atoms with van der Waals surface area (Å²) in [6.07, 6.45) is 4.69. The average Bonchev–Trinajstić information content (AvgIpc) is 2.27. The van der Waals surface area contributed by atoms with Gasteiger partial charge in [0.1, 0.15) is 0 Å². The van der Waals surface area contributed by atoms with Crippen LogP contribution in [0.5, 0.6) is 0 Å². The number of aromatic nitrogens is 1. The minimum Gasteiger partial charge on any atom is -0.329 e. The molecule has 1 rings (SSSR count). The minimum atomic E-state index is -0.495. The van der Waals surface area contributed by atoms with E-state index in [-0.39, 0.29) is 5.57 Å². The average molecular weight is 202 g/mol. The molecule has 1 heterocycles. The lowest BCUT2D eigenvalue weighted by Crippen LogP contribution is -2.19. The van der Waals surface area contributed by atoms with Gasteiger partial charge in [-0.05, 0) is 24.4 Å². The summed E-state index contributed by atoms with van der Waals surface area (Å²) in [6, 6.07) is 5.22. The smallest absolute Gasteiger partial charge is 0.258 e. The molecular weight excluding hydrogens is 192 g/mol. The maximum absolute atomic E-state index is 11.3. The Labute approximate surface area is 87.3 Å². The standard InChI is InChI=1S/C11H10N2O2/c1-2-12-11(15)9(8-14)7-10-5-3-4-6-13-10/h2-8H,1H2,(H,12,15). The van der Waals surface area contributed by atoms with Crippen molar-refractivity contribution in [3.05, 3.63) is 48.4 Å². The molecule has 4 nitrogen and oxygen atoms in total. The van der Waals surface area contributed by atoms with E-state index in [2.05, 4.69) is 16.9 Å². The number of amides is 1. The molecule has 0 saturated heterocycles. The van der Waals surface area contributed by atoms with Crippen molar-refractivity contribution in [3.8, 4) is 0 Å². The third-order valence-electron chi connectivity index (χ3n) is 1.61. The van der Waals surface area contributed by atoms with Crippen molar-refractivity contribution in [1.29, 1.82) is 0 Å². The van der Waals surface area contributed by atoms with Crippen LogP contribution in [-0.4, -0.2) is 17.2 Å². The van der Waals surface area contributed by atoms with Crippen LogP contribution < -0.4 is 5.32 Å². The highest BCUT2D eigenvalue weighted by Gasteiger charge is 2.06. The Morgan fingerprint density at radius 2 is 2.27 bits per heavy atom. The van der Waals surface area contributed by atoms with Gasteiger partial charge in [-0.25, -0.2) is 0 Å². The van der Waals surface area contributed by atoms with Gasteiger partial charge in [-0.2, -0.15) is 0 Å². The summed E-state index contributed by atoms with van der Waals surface area (Å²) in [7, 11) is 0. The topological polar surface area (TPSA) is 59.1 Å². The molecule has 0 fully saturated rings. The Balaban J connectivity index is 2.92. The van der Waals surface area contributed by atoms with Crippen molar-refractivity contribution in [2.24, 2.45) is 0 Å². The number of hydrogen-bond donors (Lipinski definition) is 1. The normalized spacial score (nSPS) is 10.5. The fraction of sp³-hybridized carbons (Fsp3) is 0. The fourth-order valence-corrected chi connectivity index (χ4v) is 0.950. The van der Waals surface area contributed by atoms with Crippen LogP contribution in [0.25, 0.3) is 6.08 Å². The fourth-order valence-electron chi connectivity index (χ4n) is 0.950. The Morgan fingerprint density at radius 3 is 2.80 bits per heavy atom. The molecule has 0 aliphatic rings. The van der Waals surface area contributed by atoms with Gasteiger partial charge in [0.25, 0.3) is 5.91 Å². The molecule has 15 heavy (non-hydrogen) atoms. The molecule has 0 atom stereocenters. The summed E-state index contributed by atoms with van der Waals surface area (Å²) >= 11 is 0. The van der Waals surface area contributed by atoms with Crippen molar-refractivity contribution in [2.45, 2.75) is 0 Å². The first-order valence-corrected chi connectivity index (χ1v) is 4.27. The molecule has 0 spiro atoms. The van der Waals surface area contributed by atoms with Crippen LogP contribution in [-0.2, 0) is 9.59 Å². The van der Waals surface area contributed by atoms with E-state index in [0.717, 1.165) is 0 Å². The Morgan fingerprint density at radius 1 is 1.47 bits per heavy atom. The third-order valence-corrected chi connectivity index (χ3v) is 1.61. The summed E-state index contributed by atoms with van der Waals surface area (Å²) in [6.45, 7) is 3.33.